The number of alkyl halides is 3. The second-order valence-corrected chi connectivity index (χ2v) is 7.44. The van der Waals surface area contributed by atoms with Crippen LogP contribution in [0.4, 0.5) is 19.0 Å². The van der Waals surface area contributed by atoms with Crippen molar-refractivity contribution in [2.45, 2.75) is 13.1 Å². The van der Waals surface area contributed by atoms with Crippen LogP contribution in [-0.2, 0) is 11.0 Å². The molecule has 1 N–H and O–H groups in total. The molecule has 3 aromatic rings. The van der Waals surface area contributed by atoms with Gasteiger partial charge in [0, 0.05) is 12.1 Å². The molecule has 7 nitrogen and oxygen atoms in total. The zero-order chi connectivity index (χ0) is 25.0. The minimum Gasteiger partial charge on any atom is -0.493 e. The molecule has 11 heteroatoms. The molecule has 1 amide bonds. The van der Waals surface area contributed by atoms with Crippen molar-refractivity contribution in [3.8, 4) is 22.9 Å². The third-order valence-electron chi connectivity index (χ3n) is 4.70. The molecule has 0 spiro atoms. The van der Waals surface area contributed by atoms with Crippen LogP contribution in [0.5, 0.6) is 17.2 Å². The molecule has 0 saturated heterocycles. The van der Waals surface area contributed by atoms with Crippen LogP contribution in [0.1, 0.15) is 16.8 Å². The van der Waals surface area contributed by atoms with Gasteiger partial charge < -0.3 is 19.5 Å². The fraction of sp³-hybridized carbons (Fsp3) is 0.217. The number of aromatic nitrogens is 2. The number of hydrogen-bond donors (Lipinski definition) is 1. The van der Waals surface area contributed by atoms with E-state index in [1.165, 1.54) is 39.5 Å². The molecule has 3 rings (SSSR count). The lowest BCUT2D eigenvalue weighted by Gasteiger charge is -2.13. The lowest BCUT2D eigenvalue weighted by atomic mass is 10.1. The summed E-state index contributed by atoms with van der Waals surface area (Å²) in [6.07, 6.45) is -1.79. The molecule has 0 aliphatic rings. The summed E-state index contributed by atoms with van der Waals surface area (Å²) in [6.45, 7) is 1.64. The summed E-state index contributed by atoms with van der Waals surface area (Å²) < 4.78 is 56.5. The SMILES string of the molecule is COc1cc(/C=C/C(=O)Nc2cc(C)nn2-c2cc(C(F)(F)F)ccc2Cl)cc(OC)c1OC. The van der Waals surface area contributed by atoms with E-state index in [-0.39, 0.29) is 16.5 Å². The van der Waals surface area contributed by atoms with E-state index < -0.39 is 17.6 Å². The minimum atomic E-state index is -4.56. The summed E-state index contributed by atoms with van der Waals surface area (Å²) >= 11 is 6.13. The molecule has 0 aliphatic carbocycles. The molecule has 0 aliphatic heterocycles. The van der Waals surface area contributed by atoms with Crippen molar-refractivity contribution in [3.63, 3.8) is 0 Å². The molecule has 0 atom stereocenters. The van der Waals surface area contributed by atoms with Gasteiger partial charge in [-0.3, -0.25) is 4.79 Å². The van der Waals surface area contributed by atoms with Crippen LogP contribution in [-0.4, -0.2) is 37.0 Å². The first kappa shape index (κ1) is 25.0. The quantitative estimate of drug-likeness (QED) is 0.436. The van der Waals surface area contributed by atoms with Gasteiger partial charge in [0.05, 0.1) is 43.3 Å². The number of rotatable bonds is 7. The normalized spacial score (nSPS) is 11.5. The molecular formula is C23H21ClF3N3O4. The Morgan fingerprint density at radius 1 is 1.06 bits per heavy atom. The first-order chi connectivity index (χ1) is 16.1. The largest absolute Gasteiger partial charge is 0.493 e. The van der Waals surface area contributed by atoms with Gasteiger partial charge in [0.1, 0.15) is 5.82 Å². The standard InChI is InChI=1S/C23H21ClF3N3O4/c1-13-9-20(30(29-13)17-12-15(23(25,26)27)6-7-16(17)24)28-21(31)8-5-14-10-18(32-2)22(34-4)19(11-14)33-3/h5-12H,1-4H3,(H,28,31)/b8-5+. The number of anilines is 1. The van der Waals surface area contributed by atoms with Crippen LogP contribution in [0.25, 0.3) is 11.8 Å². The third kappa shape index (κ3) is 5.45. The number of carbonyl (C=O) groups excluding carboxylic acids is 1. The van der Waals surface area contributed by atoms with Crippen LogP contribution < -0.4 is 19.5 Å². The van der Waals surface area contributed by atoms with E-state index >= 15 is 0 Å². The molecule has 1 heterocycles. The van der Waals surface area contributed by atoms with Crippen molar-refractivity contribution >= 4 is 29.4 Å². The van der Waals surface area contributed by atoms with Gasteiger partial charge in [-0.05, 0) is 48.9 Å². The molecule has 0 radical (unpaired) electrons. The molecule has 2 aromatic carbocycles. The van der Waals surface area contributed by atoms with E-state index in [0.29, 0.717) is 28.5 Å². The fourth-order valence-electron chi connectivity index (χ4n) is 3.16. The summed E-state index contributed by atoms with van der Waals surface area (Å²) in [5, 5.41) is 6.83. The summed E-state index contributed by atoms with van der Waals surface area (Å²) in [5.74, 6) is 0.838. The Morgan fingerprint density at radius 3 is 2.26 bits per heavy atom. The van der Waals surface area contributed by atoms with Crippen molar-refractivity contribution in [1.29, 1.82) is 0 Å². The average molecular weight is 496 g/mol. The molecule has 0 fully saturated rings. The molecule has 180 valence electrons. The van der Waals surface area contributed by atoms with Gasteiger partial charge >= 0.3 is 6.18 Å². The molecule has 0 bridgehead atoms. The van der Waals surface area contributed by atoms with Gasteiger partial charge in [-0.15, -0.1) is 0 Å². The summed E-state index contributed by atoms with van der Waals surface area (Å²) in [6, 6.07) is 7.70. The van der Waals surface area contributed by atoms with Crippen LogP contribution in [0.3, 0.4) is 0 Å². The maximum atomic E-state index is 13.2. The number of aryl methyl sites for hydroxylation is 1. The highest BCUT2D eigenvalue weighted by atomic mass is 35.5. The lowest BCUT2D eigenvalue weighted by molar-refractivity contribution is -0.137. The number of benzene rings is 2. The summed E-state index contributed by atoms with van der Waals surface area (Å²) in [5.41, 5.74) is 0.153. The number of nitrogens with one attached hydrogen (secondary N) is 1. The van der Waals surface area contributed by atoms with Crippen molar-refractivity contribution in [3.05, 3.63) is 64.3 Å². The molecule has 0 saturated carbocycles. The van der Waals surface area contributed by atoms with Crippen LogP contribution in [0.15, 0.2) is 42.5 Å². The Hall–Kier alpha value is -3.66. The van der Waals surface area contributed by atoms with E-state index in [1.807, 2.05) is 0 Å². The van der Waals surface area contributed by atoms with Gasteiger partial charge in [-0.2, -0.15) is 18.3 Å². The van der Waals surface area contributed by atoms with Gasteiger partial charge in [0.2, 0.25) is 11.7 Å². The van der Waals surface area contributed by atoms with Crippen molar-refractivity contribution in [2.24, 2.45) is 0 Å². The van der Waals surface area contributed by atoms with E-state index in [9.17, 15) is 18.0 Å². The highest BCUT2D eigenvalue weighted by Gasteiger charge is 2.31. The molecule has 34 heavy (non-hydrogen) atoms. The Balaban J connectivity index is 1.89. The predicted octanol–water partition coefficient (Wildman–Crippen LogP) is 5.53. The number of methoxy groups -OCH3 is 3. The molecular weight excluding hydrogens is 475 g/mol. The molecule has 0 unspecified atom stereocenters. The highest BCUT2D eigenvalue weighted by molar-refractivity contribution is 6.32. The van der Waals surface area contributed by atoms with Crippen LogP contribution >= 0.6 is 11.6 Å². The Kier molecular flexibility index (Phi) is 7.41. The van der Waals surface area contributed by atoms with E-state index in [0.717, 1.165) is 22.9 Å². The van der Waals surface area contributed by atoms with Crippen LogP contribution in [0, 0.1) is 6.92 Å². The predicted molar refractivity (Wildman–Crippen MR) is 122 cm³/mol. The average Bonchev–Trinajstić information content (AvgIpc) is 3.15. The Morgan fingerprint density at radius 2 is 1.71 bits per heavy atom. The maximum absolute atomic E-state index is 13.2. The lowest BCUT2D eigenvalue weighted by Crippen LogP contribution is -2.13. The fourth-order valence-corrected chi connectivity index (χ4v) is 3.36. The zero-order valence-corrected chi connectivity index (χ0v) is 19.4. The van der Waals surface area contributed by atoms with Crippen LogP contribution in [0.2, 0.25) is 5.02 Å². The molecule has 1 aromatic heterocycles. The number of hydrogen-bond acceptors (Lipinski definition) is 5. The topological polar surface area (TPSA) is 74.6 Å². The zero-order valence-electron chi connectivity index (χ0n) is 18.7. The van der Waals surface area contributed by atoms with E-state index in [4.69, 9.17) is 25.8 Å². The maximum Gasteiger partial charge on any atom is 0.416 e. The Labute approximate surface area is 198 Å². The van der Waals surface area contributed by atoms with Gasteiger partial charge in [-0.25, -0.2) is 4.68 Å². The summed E-state index contributed by atoms with van der Waals surface area (Å²) in [4.78, 5) is 12.6. The van der Waals surface area contributed by atoms with E-state index in [2.05, 4.69) is 10.4 Å². The Bertz CT molecular complexity index is 1210. The van der Waals surface area contributed by atoms with Crippen molar-refractivity contribution < 1.29 is 32.2 Å². The second kappa shape index (κ2) is 10.1. The van der Waals surface area contributed by atoms with Crippen molar-refractivity contribution in [2.75, 3.05) is 26.6 Å². The second-order valence-electron chi connectivity index (χ2n) is 7.03. The minimum absolute atomic E-state index is 0.0199. The highest BCUT2D eigenvalue weighted by Crippen LogP contribution is 2.38. The monoisotopic (exact) mass is 495 g/mol. The van der Waals surface area contributed by atoms with Gasteiger partial charge in [0.15, 0.2) is 11.5 Å². The summed E-state index contributed by atoms with van der Waals surface area (Å²) in [7, 11) is 4.42. The number of halogens is 4. The third-order valence-corrected chi connectivity index (χ3v) is 5.02. The number of ether oxygens (including phenoxy) is 3. The first-order valence-electron chi connectivity index (χ1n) is 9.80. The van der Waals surface area contributed by atoms with Gasteiger partial charge in [0.25, 0.3) is 0 Å². The van der Waals surface area contributed by atoms with Gasteiger partial charge in [-0.1, -0.05) is 11.6 Å². The smallest absolute Gasteiger partial charge is 0.416 e. The first-order valence-corrected chi connectivity index (χ1v) is 10.2. The number of nitrogens with zero attached hydrogens (tertiary/aromatic N) is 2. The number of amides is 1. The number of carbonyl (C=O) groups is 1. The van der Waals surface area contributed by atoms with Crippen molar-refractivity contribution in [1.82, 2.24) is 9.78 Å². The van der Waals surface area contributed by atoms with E-state index in [1.54, 1.807) is 19.1 Å².